The first-order valence-electron chi connectivity index (χ1n) is 6.95. The van der Waals surface area contributed by atoms with E-state index in [1.165, 1.54) is 0 Å². The second-order valence-corrected chi connectivity index (χ2v) is 4.99. The Hall–Kier alpha value is -2.04. The lowest BCUT2D eigenvalue weighted by Gasteiger charge is -2.34. The first kappa shape index (κ1) is 14.4. The quantitative estimate of drug-likeness (QED) is 0.876. The highest BCUT2D eigenvalue weighted by atomic mass is 16.2. The first-order valence-corrected chi connectivity index (χ1v) is 6.95. The molecule has 1 fully saturated rings. The molecule has 2 rings (SSSR count). The number of anilines is 1. The SMILES string of the molecule is CCC1C(=O)NCCN1C(=O)c1ccc(NC)cc1C. The normalized spacial score (nSPS) is 18.6. The van der Waals surface area contributed by atoms with Crippen LogP contribution in [0.5, 0.6) is 0 Å². The monoisotopic (exact) mass is 275 g/mol. The summed E-state index contributed by atoms with van der Waals surface area (Å²) >= 11 is 0. The molecule has 20 heavy (non-hydrogen) atoms. The predicted octanol–water partition coefficient (Wildman–Crippen LogP) is 1.39. The largest absolute Gasteiger partial charge is 0.388 e. The van der Waals surface area contributed by atoms with Gasteiger partial charge in [0.2, 0.25) is 5.91 Å². The summed E-state index contributed by atoms with van der Waals surface area (Å²) in [6.45, 7) is 4.93. The van der Waals surface area contributed by atoms with Crippen LogP contribution in [-0.4, -0.2) is 42.9 Å². The Balaban J connectivity index is 2.28. The Morgan fingerprint density at radius 2 is 2.25 bits per heavy atom. The molecule has 108 valence electrons. The van der Waals surface area contributed by atoms with Crippen LogP contribution >= 0.6 is 0 Å². The van der Waals surface area contributed by atoms with Crippen molar-refractivity contribution in [1.29, 1.82) is 0 Å². The second-order valence-electron chi connectivity index (χ2n) is 4.99. The molecular weight excluding hydrogens is 254 g/mol. The van der Waals surface area contributed by atoms with Crippen molar-refractivity contribution in [3.63, 3.8) is 0 Å². The minimum Gasteiger partial charge on any atom is -0.388 e. The molecule has 0 saturated carbocycles. The molecule has 1 aliphatic heterocycles. The lowest BCUT2D eigenvalue weighted by Crippen LogP contribution is -2.57. The van der Waals surface area contributed by atoms with Crippen LogP contribution in [0, 0.1) is 6.92 Å². The number of nitrogens with one attached hydrogen (secondary N) is 2. The lowest BCUT2D eigenvalue weighted by molar-refractivity contribution is -0.127. The van der Waals surface area contributed by atoms with Crippen molar-refractivity contribution in [2.45, 2.75) is 26.3 Å². The number of piperazine rings is 1. The summed E-state index contributed by atoms with van der Waals surface area (Å²) in [6.07, 6.45) is 0.630. The average molecular weight is 275 g/mol. The van der Waals surface area contributed by atoms with Crippen LogP contribution in [0.1, 0.15) is 29.3 Å². The Labute approximate surface area is 119 Å². The van der Waals surface area contributed by atoms with Gasteiger partial charge in [0.15, 0.2) is 0 Å². The summed E-state index contributed by atoms with van der Waals surface area (Å²) in [5.74, 6) is -0.122. The number of hydrogen-bond acceptors (Lipinski definition) is 3. The van der Waals surface area contributed by atoms with Gasteiger partial charge in [-0.15, -0.1) is 0 Å². The number of carbonyl (C=O) groups excluding carboxylic acids is 2. The van der Waals surface area contributed by atoms with E-state index in [4.69, 9.17) is 0 Å². The van der Waals surface area contributed by atoms with Crippen molar-refractivity contribution in [2.24, 2.45) is 0 Å². The van der Waals surface area contributed by atoms with Gasteiger partial charge in [0.1, 0.15) is 6.04 Å². The molecule has 5 nitrogen and oxygen atoms in total. The van der Waals surface area contributed by atoms with Crippen LogP contribution in [0.25, 0.3) is 0 Å². The van der Waals surface area contributed by atoms with E-state index in [-0.39, 0.29) is 17.9 Å². The standard InChI is InChI=1S/C15H21N3O2/c1-4-13-14(19)17-7-8-18(13)15(20)12-6-5-11(16-3)9-10(12)2/h5-6,9,13,16H,4,7-8H2,1-3H3,(H,17,19). The van der Waals surface area contributed by atoms with Gasteiger partial charge in [-0.3, -0.25) is 9.59 Å². The molecule has 1 aromatic carbocycles. The molecule has 1 aromatic rings. The van der Waals surface area contributed by atoms with Gasteiger partial charge in [0.05, 0.1) is 0 Å². The first-order chi connectivity index (χ1) is 9.58. The number of nitrogens with zero attached hydrogens (tertiary/aromatic N) is 1. The maximum absolute atomic E-state index is 12.7. The summed E-state index contributed by atoms with van der Waals surface area (Å²) in [7, 11) is 1.85. The van der Waals surface area contributed by atoms with Crippen molar-refractivity contribution in [3.8, 4) is 0 Å². The zero-order valence-corrected chi connectivity index (χ0v) is 12.2. The molecule has 1 atom stereocenters. The topological polar surface area (TPSA) is 61.4 Å². The van der Waals surface area contributed by atoms with E-state index in [0.29, 0.717) is 25.1 Å². The summed E-state index contributed by atoms with van der Waals surface area (Å²) in [5, 5.41) is 5.86. The van der Waals surface area contributed by atoms with E-state index in [9.17, 15) is 9.59 Å². The molecule has 0 radical (unpaired) electrons. The molecule has 0 spiro atoms. The summed E-state index contributed by atoms with van der Waals surface area (Å²) < 4.78 is 0. The molecule has 2 amide bonds. The van der Waals surface area contributed by atoms with Crippen molar-refractivity contribution in [1.82, 2.24) is 10.2 Å². The number of rotatable bonds is 3. The Morgan fingerprint density at radius 1 is 1.50 bits per heavy atom. The van der Waals surface area contributed by atoms with Gasteiger partial charge in [0.25, 0.3) is 5.91 Å². The number of benzene rings is 1. The van der Waals surface area contributed by atoms with Crippen molar-refractivity contribution >= 4 is 17.5 Å². The fourth-order valence-corrected chi connectivity index (χ4v) is 2.58. The third kappa shape index (κ3) is 2.61. The third-order valence-electron chi connectivity index (χ3n) is 3.72. The van der Waals surface area contributed by atoms with E-state index in [0.717, 1.165) is 11.3 Å². The predicted molar refractivity (Wildman–Crippen MR) is 78.9 cm³/mol. The highest BCUT2D eigenvalue weighted by Gasteiger charge is 2.32. The number of amides is 2. The molecule has 0 aliphatic carbocycles. The number of carbonyl (C=O) groups is 2. The Kier molecular flexibility index (Phi) is 4.27. The lowest BCUT2D eigenvalue weighted by atomic mass is 10.0. The fourth-order valence-electron chi connectivity index (χ4n) is 2.58. The van der Waals surface area contributed by atoms with Crippen molar-refractivity contribution in [2.75, 3.05) is 25.5 Å². The van der Waals surface area contributed by atoms with Crippen LogP contribution in [0.4, 0.5) is 5.69 Å². The number of aryl methyl sites for hydroxylation is 1. The summed E-state index contributed by atoms with van der Waals surface area (Å²) in [6, 6.07) is 5.28. The van der Waals surface area contributed by atoms with Crippen LogP contribution in [-0.2, 0) is 4.79 Å². The van der Waals surface area contributed by atoms with Crippen molar-refractivity contribution < 1.29 is 9.59 Å². The Morgan fingerprint density at radius 3 is 2.85 bits per heavy atom. The van der Waals surface area contributed by atoms with Crippen molar-refractivity contribution in [3.05, 3.63) is 29.3 Å². The molecule has 5 heteroatoms. The minimum atomic E-state index is -0.361. The molecule has 1 unspecified atom stereocenters. The molecule has 1 heterocycles. The second kappa shape index (κ2) is 5.94. The Bertz CT molecular complexity index is 528. The van der Waals surface area contributed by atoms with Gasteiger partial charge in [-0.2, -0.15) is 0 Å². The fraction of sp³-hybridized carbons (Fsp3) is 0.467. The van der Waals surface area contributed by atoms with E-state index < -0.39 is 0 Å². The van der Waals surface area contributed by atoms with Crippen LogP contribution in [0.15, 0.2) is 18.2 Å². The van der Waals surface area contributed by atoms with Crippen LogP contribution < -0.4 is 10.6 Å². The third-order valence-corrected chi connectivity index (χ3v) is 3.72. The molecule has 0 aromatic heterocycles. The highest BCUT2D eigenvalue weighted by Crippen LogP contribution is 2.19. The van der Waals surface area contributed by atoms with Gasteiger partial charge in [0, 0.05) is 31.4 Å². The molecule has 0 bridgehead atoms. The summed E-state index contributed by atoms with van der Waals surface area (Å²) in [5.41, 5.74) is 2.56. The highest BCUT2D eigenvalue weighted by molar-refractivity contribution is 5.99. The van der Waals surface area contributed by atoms with Gasteiger partial charge in [-0.05, 0) is 37.1 Å². The van der Waals surface area contributed by atoms with E-state index >= 15 is 0 Å². The maximum Gasteiger partial charge on any atom is 0.254 e. The van der Waals surface area contributed by atoms with E-state index in [1.807, 2.05) is 39.1 Å². The van der Waals surface area contributed by atoms with Crippen LogP contribution in [0.2, 0.25) is 0 Å². The molecule has 1 saturated heterocycles. The van der Waals surface area contributed by atoms with Gasteiger partial charge in [-0.25, -0.2) is 0 Å². The van der Waals surface area contributed by atoms with E-state index in [1.54, 1.807) is 4.90 Å². The zero-order valence-electron chi connectivity index (χ0n) is 12.2. The summed E-state index contributed by atoms with van der Waals surface area (Å²) in [4.78, 5) is 26.2. The molecular formula is C15H21N3O2. The van der Waals surface area contributed by atoms with Crippen LogP contribution in [0.3, 0.4) is 0 Å². The zero-order chi connectivity index (χ0) is 14.7. The van der Waals surface area contributed by atoms with Gasteiger partial charge >= 0.3 is 0 Å². The van der Waals surface area contributed by atoms with Gasteiger partial charge < -0.3 is 15.5 Å². The molecule has 1 aliphatic rings. The molecule has 2 N–H and O–H groups in total. The van der Waals surface area contributed by atoms with E-state index in [2.05, 4.69) is 10.6 Å². The maximum atomic E-state index is 12.7. The number of hydrogen-bond donors (Lipinski definition) is 2. The van der Waals surface area contributed by atoms with Gasteiger partial charge in [-0.1, -0.05) is 6.92 Å². The smallest absolute Gasteiger partial charge is 0.254 e. The minimum absolute atomic E-state index is 0.0587. The average Bonchev–Trinajstić information content (AvgIpc) is 2.46.